The molecule has 0 bridgehead atoms. The summed E-state index contributed by atoms with van der Waals surface area (Å²) in [7, 11) is 0. The number of halogens is 1. The van der Waals surface area contributed by atoms with E-state index in [1.165, 1.54) is 0 Å². The number of hydrogen-bond donors (Lipinski definition) is 1. The summed E-state index contributed by atoms with van der Waals surface area (Å²) in [6.07, 6.45) is 1.21. The van der Waals surface area contributed by atoms with Gasteiger partial charge in [-0.05, 0) is 36.2 Å². The van der Waals surface area contributed by atoms with Crippen LogP contribution in [0.15, 0.2) is 4.47 Å². The average Bonchev–Trinajstić information content (AvgIpc) is 2.58. The molecule has 1 aromatic rings. The molecule has 0 amide bonds. The number of rotatable bonds is 6. The zero-order chi connectivity index (χ0) is 13.0. The molecule has 17 heavy (non-hydrogen) atoms. The Balaban J connectivity index is 2.91. The van der Waals surface area contributed by atoms with Crippen molar-refractivity contribution in [3.05, 3.63) is 15.9 Å². The van der Waals surface area contributed by atoms with Gasteiger partial charge in [-0.2, -0.15) is 5.10 Å². The Hall–Kier alpha value is -0.680. The predicted molar refractivity (Wildman–Crippen MR) is 71.9 cm³/mol. The lowest BCUT2D eigenvalue weighted by Gasteiger charge is -2.11. The van der Waals surface area contributed by atoms with E-state index in [0.29, 0.717) is 13.0 Å². The zero-order valence-electron chi connectivity index (χ0n) is 10.7. The third-order valence-electron chi connectivity index (χ3n) is 3.03. The van der Waals surface area contributed by atoms with Crippen molar-refractivity contribution in [2.45, 2.75) is 40.2 Å². The lowest BCUT2D eigenvalue weighted by Crippen LogP contribution is -2.25. The first-order chi connectivity index (χ1) is 8.04. The molecule has 0 aromatic carbocycles. The summed E-state index contributed by atoms with van der Waals surface area (Å²) in [6.45, 7) is 7.14. The molecule has 0 aliphatic heterocycles. The van der Waals surface area contributed by atoms with Crippen LogP contribution in [0.25, 0.3) is 0 Å². The second kappa shape index (κ2) is 6.31. The standard InChI is InChI=1S/C12H20BrN3O/c1-4-9(7-14)11(17)6-10-12(13)8(3)15-16(10)5-2/h9H,4-7,14H2,1-3H3. The third-order valence-corrected chi connectivity index (χ3v) is 4.06. The van der Waals surface area contributed by atoms with Crippen LogP contribution in [0.3, 0.4) is 0 Å². The van der Waals surface area contributed by atoms with Crippen LogP contribution in [-0.4, -0.2) is 22.1 Å². The van der Waals surface area contributed by atoms with E-state index >= 15 is 0 Å². The van der Waals surface area contributed by atoms with Gasteiger partial charge in [0.25, 0.3) is 0 Å². The first kappa shape index (κ1) is 14.4. The molecule has 0 aliphatic rings. The zero-order valence-corrected chi connectivity index (χ0v) is 12.2. The molecule has 1 rings (SSSR count). The largest absolute Gasteiger partial charge is 0.330 e. The summed E-state index contributed by atoms with van der Waals surface area (Å²) in [6, 6.07) is 0. The number of nitrogens with two attached hydrogens (primary N) is 1. The van der Waals surface area contributed by atoms with Gasteiger partial charge < -0.3 is 5.73 Å². The Labute approximate surface area is 111 Å². The SMILES string of the molecule is CCC(CN)C(=O)Cc1c(Br)c(C)nn1CC. The van der Waals surface area contributed by atoms with Crippen LogP contribution in [-0.2, 0) is 17.8 Å². The number of nitrogens with zero attached hydrogens (tertiary/aromatic N) is 2. The van der Waals surface area contributed by atoms with Crippen molar-refractivity contribution in [3.63, 3.8) is 0 Å². The highest BCUT2D eigenvalue weighted by molar-refractivity contribution is 9.10. The summed E-state index contributed by atoms with van der Waals surface area (Å²) < 4.78 is 2.82. The number of carbonyl (C=O) groups excluding carboxylic acids is 1. The van der Waals surface area contributed by atoms with Gasteiger partial charge in [-0.25, -0.2) is 0 Å². The molecule has 1 heterocycles. The van der Waals surface area contributed by atoms with Crippen molar-refractivity contribution in [2.24, 2.45) is 11.7 Å². The van der Waals surface area contributed by atoms with Crippen LogP contribution in [0, 0.1) is 12.8 Å². The second-order valence-electron chi connectivity index (χ2n) is 4.15. The molecule has 96 valence electrons. The summed E-state index contributed by atoms with van der Waals surface area (Å²) in [5.74, 6) is 0.160. The van der Waals surface area contributed by atoms with Crippen LogP contribution >= 0.6 is 15.9 Å². The highest BCUT2D eigenvalue weighted by Gasteiger charge is 2.20. The number of Topliss-reactive ketones (excluding diaryl/α,β-unsaturated/α-hetero) is 1. The van der Waals surface area contributed by atoms with Crippen LogP contribution in [0.5, 0.6) is 0 Å². The maximum absolute atomic E-state index is 12.1. The molecule has 1 unspecified atom stereocenters. The molecule has 0 radical (unpaired) electrons. The van der Waals surface area contributed by atoms with E-state index in [4.69, 9.17) is 5.73 Å². The minimum Gasteiger partial charge on any atom is -0.330 e. The monoisotopic (exact) mass is 301 g/mol. The predicted octanol–water partition coefficient (Wildman–Crippen LogP) is 2.07. The minimum atomic E-state index is -0.0394. The lowest BCUT2D eigenvalue weighted by atomic mass is 9.98. The van der Waals surface area contributed by atoms with E-state index < -0.39 is 0 Å². The average molecular weight is 302 g/mol. The fraction of sp³-hybridized carbons (Fsp3) is 0.667. The first-order valence-electron chi connectivity index (χ1n) is 5.99. The van der Waals surface area contributed by atoms with Crippen LogP contribution in [0.2, 0.25) is 0 Å². The molecule has 0 saturated carbocycles. The van der Waals surface area contributed by atoms with Crippen LogP contribution < -0.4 is 5.73 Å². The van der Waals surface area contributed by atoms with Gasteiger partial charge in [-0.3, -0.25) is 9.48 Å². The van der Waals surface area contributed by atoms with Gasteiger partial charge in [0.15, 0.2) is 0 Å². The maximum Gasteiger partial charge on any atom is 0.143 e. The van der Waals surface area contributed by atoms with Crippen LogP contribution in [0.4, 0.5) is 0 Å². The molecule has 0 saturated heterocycles. The van der Waals surface area contributed by atoms with Gasteiger partial charge in [0.2, 0.25) is 0 Å². The fourth-order valence-corrected chi connectivity index (χ4v) is 2.30. The van der Waals surface area contributed by atoms with Crippen LogP contribution in [0.1, 0.15) is 31.7 Å². The topological polar surface area (TPSA) is 60.9 Å². The molecule has 2 N–H and O–H groups in total. The summed E-state index contributed by atoms with van der Waals surface area (Å²) >= 11 is 3.50. The smallest absolute Gasteiger partial charge is 0.143 e. The lowest BCUT2D eigenvalue weighted by molar-refractivity contribution is -0.122. The Morgan fingerprint density at radius 3 is 2.65 bits per heavy atom. The molecule has 4 nitrogen and oxygen atoms in total. The maximum atomic E-state index is 12.1. The molecule has 1 atom stereocenters. The Kier molecular flexibility index (Phi) is 5.33. The van der Waals surface area contributed by atoms with Crippen molar-refractivity contribution in [3.8, 4) is 0 Å². The number of carbonyl (C=O) groups is 1. The summed E-state index contributed by atoms with van der Waals surface area (Å²) in [5, 5.41) is 4.38. The van der Waals surface area contributed by atoms with E-state index in [2.05, 4.69) is 21.0 Å². The number of aryl methyl sites for hydroxylation is 2. The minimum absolute atomic E-state index is 0.0394. The molecule has 1 aromatic heterocycles. The number of hydrogen-bond acceptors (Lipinski definition) is 3. The summed E-state index contributed by atoms with van der Waals surface area (Å²) in [4.78, 5) is 12.1. The van der Waals surface area contributed by atoms with Gasteiger partial charge >= 0.3 is 0 Å². The van der Waals surface area contributed by atoms with Crippen molar-refractivity contribution in [1.82, 2.24) is 9.78 Å². The highest BCUT2D eigenvalue weighted by Crippen LogP contribution is 2.22. The van der Waals surface area contributed by atoms with E-state index in [1.54, 1.807) is 0 Å². The number of aromatic nitrogens is 2. The van der Waals surface area contributed by atoms with Crippen molar-refractivity contribution >= 4 is 21.7 Å². The Morgan fingerprint density at radius 2 is 2.18 bits per heavy atom. The number of ketones is 1. The molecule has 5 heteroatoms. The summed E-state index contributed by atoms with van der Waals surface area (Å²) in [5.41, 5.74) is 7.48. The van der Waals surface area contributed by atoms with E-state index in [0.717, 1.165) is 28.8 Å². The Morgan fingerprint density at radius 1 is 1.53 bits per heavy atom. The second-order valence-corrected chi connectivity index (χ2v) is 4.94. The molecular formula is C12H20BrN3O. The van der Waals surface area contributed by atoms with Crippen molar-refractivity contribution in [2.75, 3.05) is 6.54 Å². The normalized spacial score (nSPS) is 12.8. The molecule has 0 aliphatic carbocycles. The molecule has 0 spiro atoms. The first-order valence-corrected chi connectivity index (χ1v) is 6.78. The molecule has 0 fully saturated rings. The van der Waals surface area contributed by atoms with Gasteiger partial charge in [-0.15, -0.1) is 0 Å². The Bertz CT molecular complexity index is 397. The van der Waals surface area contributed by atoms with Gasteiger partial charge in [0, 0.05) is 25.4 Å². The highest BCUT2D eigenvalue weighted by atomic mass is 79.9. The van der Waals surface area contributed by atoms with E-state index in [-0.39, 0.29) is 11.7 Å². The van der Waals surface area contributed by atoms with E-state index in [1.807, 2.05) is 25.5 Å². The van der Waals surface area contributed by atoms with Crippen molar-refractivity contribution in [1.29, 1.82) is 0 Å². The van der Waals surface area contributed by atoms with Gasteiger partial charge in [-0.1, -0.05) is 6.92 Å². The van der Waals surface area contributed by atoms with Gasteiger partial charge in [0.05, 0.1) is 15.9 Å². The van der Waals surface area contributed by atoms with Gasteiger partial charge in [0.1, 0.15) is 5.78 Å². The van der Waals surface area contributed by atoms with Crippen molar-refractivity contribution < 1.29 is 4.79 Å². The van der Waals surface area contributed by atoms with E-state index in [9.17, 15) is 4.79 Å². The molecular weight excluding hydrogens is 282 g/mol. The third kappa shape index (κ3) is 3.16. The fourth-order valence-electron chi connectivity index (χ4n) is 1.87. The quantitative estimate of drug-likeness (QED) is 0.875.